The molecule has 0 unspecified atom stereocenters. The molecule has 0 aliphatic carbocycles. The third-order valence-corrected chi connectivity index (χ3v) is 1.57. The molecular weight excluding hydrogens is 122 g/mol. The van der Waals surface area contributed by atoms with Crippen LogP contribution in [0.4, 0.5) is 0 Å². The molecule has 10 heavy (non-hydrogen) atoms. The van der Waals surface area contributed by atoms with Crippen molar-refractivity contribution in [3.05, 3.63) is 48.5 Å². The zero-order chi connectivity index (χ0) is 6.81. The molecule has 2 aliphatic rings. The Kier molecular flexibility index (Phi) is 1.21. The maximum atomic E-state index is 3.14. The molecule has 0 aromatic carbocycles. The summed E-state index contributed by atoms with van der Waals surface area (Å²) in [5.74, 6) is 0. The van der Waals surface area contributed by atoms with E-state index in [-0.39, 0.29) is 0 Å². The minimum absolute atomic E-state index is 1.03. The summed E-state index contributed by atoms with van der Waals surface area (Å²) in [4.78, 5) is 2.06. The normalized spacial score (nSPS) is 20.8. The van der Waals surface area contributed by atoms with Gasteiger partial charge in [0, 0.05) is 24.2 Å². The van der Waals surface area contributed by atoms with Gasteiger partial charge < -0.3 is 4.90 Å². The number of rotatable bonds is 0. The van der Waals surface area contributed by atoms with E-state index in [0.29, 0.717) is 0 Å². The first-order valence-electron chi connectivity index (χ1n) is 3.38. The average Bonchev–Trinajstić information content (AvgIpc) is 2.05. The van der Waals surface area contributed by atoms with Crippen molar-refractivity contribution in [1.82, 2.24) is 4.90 Å². The van der Waals surface area contributed by atoms with E-state index in [4.69, 9.17) is 0 Å². The van der Waals surface area contributed by atoms with Crippen LogP contribution >= 0.6 is 0 Å². The lowest BCUT2D eigenvalue weighted by Crippen LogP contribution is -2.11. The second kappa shape index (κ2) is 2.18. The molecule has 0 spiro atoms. The lowest BCUT2D eigenvalue weighted by atomic mass is 10.2. The van der Waals surface area contributed by atoms with Crippen LogP contribution in [0.5, 0.6) is 0 Å². The van der Waals surface area contributed by atoms with Crippen molar-refractivity contribution in [2.45, 2.75) is 6.42 Å². The monoisotopic (exact) mass is 130 g/mol. The van der Waals surface area contributed by atoms with Gasteiger partial charge in [-0.05, 0) is 12.5 Å². The van der Waals surface area contributed by atoms with E-state index in [9.17, 15) is 0 Å². The Morgan fingerprint density at radius 2 is 2.40 bits per heavy atom. The predicted octanol–water partition coefficient (Wildman–Crippen LogP) is 1.98. The Bertz CT molecular complexity index is 243. The van der Waals surface area contributed by atoms with Crippen LogP contribution < -0.4 is 0 Å². The van der Waals surface area contributed by atoms with E-state index in [0.717, 1.165) is 12.1 Å². The summed E-state index contributed by atoms with van der Waals surface area (Å²) in [5, 5.41) is 0. The van der Waals surface area contributed by atoms with Gasteiger partial charge in [0.15, 0.2) is 0 Å². The molecule has 2 rings (SSSR count). The van der Waals surface area contributed by atoms with Crippen molar-refractivity contribution < 1.29 is 0 Å². The third-order valence-electron chi connectivity index (χ3n) is 1.57. The molecule has 0 fully saturated rings. The first-order valence-corrected chi connectivity index (χ1v) is 3.38. The zero-order valence-corrected chi connectivity index (χ0v) is 5.62. The molecule has 0 aromatic heterocycles. The van der Waals surface area contributed by atoms with E-state index in [1.165, 1.54) is 0 Å². The van der Waals surface area contributed by atoms with Gasteiger partial charge in [-0.2, -0.15) is 0 Å². The Morgan fingerprint density at radius 3 is 3.30 bits per heavy atom. The lowest BCUT2D eigenvalue weighted by molar-refractivity contribution is 0.623. The first kappa shape index (κ1) is 5.54. The first-order chi connectivity index (χ1) is 4.97. The number of nitrogens with zero attached hydrogens (tertiary/aromatic N) is 1. The molecule has 0 saturated carbocycles. The molecule has 2 heterocycles. The standard InChI is InChI=1S/C9H8N/c1-3-7-10-8-4-2-6-9(10)5-1/h1,3-4,6-8H,2H2. The minimum Gasteiger partial charge on any atom is -0.324 e. The third kappa shape index (κ3) is 0.798. The van der Waals surface area contributed by atoms with E-state index >= 15 is 0 Å². The highest BCUT2D eigenvalue weighted by atomic mass is 15.1. The maximum absolute atomic E-state index is 3.14. The van der Waals surface area contributed by atoms with Crippen molar-refractivity contribution in [2.24, 2.45) is 0 Å². The molecule has 1 nitrogen and oxygen atoms in total. The van der Waals surface area contributed by atoms with Crippen molar-refractivity contribution in [2.75, 3.05) is 0 Å². The summed E-state index contributed by atoms with van der Waals surface area (Å²) in [6.45, 7) is 0. The summed E-state index contributed by atoms with van der Waals surface area (Å²) in [5.41, 5.74) is 1.16. The molecule has 49 valence electrons. The SMILES string of the molecule is [C]1=CC=CN2C=CCC=C12. The second-order valence-electron chi connectivity index (χ2n) is 2.27. The quantitative estimate of drug-likeness (QED) is 0.484. The topological polar surface area (TPSA) is 3.24 Å². The maximum Gasteiger partial charge on any atom is 0.0491 e. The fourth-order valence-corrected chi connectivity index (χ4v) is 1.07. The van der Waals surface area contributed by atoms with E-state index in [1.54, 1.807) is 0 Å². The van der Waals surface area contributed by atoms with Gasteiger partial charge in [-0.25, -0.2) is 0 Å². The van der Waals surface area contributed by atoms with Gasteiger partial charge in [-0.15, -0.1) is 0 Å². The smallest absolute Gasteiger partial charge is 0.0491 e. The van der Waals surface area contributed by atoms with Crippen LogP contribution in [0, 0.1) is 6.08 Å². The van der Waals surface area contributed by atoms with Crippen LogP contribution in [-0.4, -0.2) is 4.90 Å². The van der Waals surface area contributed by atoms with Gasteiger partial charge >= 0.3 is 0 Å². The fourth-order valence-electron chi connectivity index (χ4n) is 1.07. The van der Waals surface area contributed by atoms with E-state index in [2.05, 4.69) is 29.3 Å². The number of hydrogen-bond donors (Lipinski definition) is 0. The molecule has 0 aromatic rings. The van der Waals surface area contributed by atoms with E-state index < -0.39 is 0 Å². The van der Waals surface area contributed by atoms with Crippen molar-refractivity contribution >= 4 is 0 Å². The van der Waals surface area contributed by atoms with Gasteiger partial charge in [0.25, 0.3) is 0 Å². The number of hydrogen-bond acceptors (Lipinski definition) is 1. The number of allylic oxidation sites excluding steroid dienone is 5. The lowest BCUT2D eigenvalue weighted by Gasteiger charge is -2.21. The molecule has 1 heteroatoms. The van der Waals surface area contributed by atoms with Crippen molar-refractivity contribution in [3.63, 3.8) is 0 Å². The summed E-state index contributed by atoms with van der Waals surface area (Å²) >= 11 is 0. The molecule has 0 N–H and O–H groups in total. The minimum atomic E-state index is 1.03. The molecule has 1 radical (unpaired) electrons. The molecule has 0 bridgehead atoms. The van der Waals surface area contributed by atoms with Crippen LogP contribution in [0.25, 0.3) is 0 Å². The van der Waals surface area contributed by atoms with Crippen LogP contribution in [0.2, 0.25) is 0 Å². The van der Waals surface area contributed by atoms with Gasteiger partial charge in [0.05, 0.1) is 0 Å². The van der Waals surface area contributed by atoms with Gasteiger partial charge in [0.2, 0.25) is 0 Å². The molecule has 0 atom stereocenters. The van der Waals surface area contributed by atoms with Crippen LogP contribution in [0.1, 0.15) is 6.42 Å². The van der Waals surface area contributed by atoms with Crippen molar-refractivity contribution in [1.29, 1.82) is 0 Å². The zero-order valence-electron chi connectivity index (χ0n) is 5.62. The summed E-state index contributed by atoms with van der Waals surface area (Å²) in [7, 11) is 0. The van der Waals surface area contributed by atoms with Crippen LogP contribution in [0.15, 0.2) is 42.4 Å². The molecule has 0 amide bonds. The Hall–Kier alpha value is -1.24. The average molecular weight is 130 g/mol. The predicted molar refractivity (Wildman–Crippen MR) is 40.6 cm³/mol. The Balaban J connectivity index is 2.33. The molecule has 2 aliphatic heterocycles. The second-order valence-corrected chi connectivity index (χ2v) is 2.27. The number of fused-ring (bicyclic) bond motifs is 1. The molecule has 0 saturated heterocycles. The van der Waals surface area contributed by atoms with Gasteiger partial charge in [0.1, 0.15) is 0 Å². The fraction of sp³-hybridized carbons (Fsp3) is 0.111. The van der Waals surface area contributed by atoms with Gasteiger partial charge in [-0.3, -0.25) is 0 Å². The highest BCUT2D eigenvalue weighted by Crippen LogP contribution is 2.16. The highest BCUT2D eigenvalue weighted by Gasteiger charge is 2.04. The van der Waals surface area contributed by atoms with Gasteiger partial charge in [-0.1, -0.05) is 18.2 Å². The summed E-state index contributed by atoms with van der Waals surface area (Å²) in [6.07, 6.45) is 16.5. The highest BCUT2D eigenvalue weighted by molar-refractivity contribution is 5.28. The van der Waals surface area contributed by atoms with E-state index in [1.807, 2.05) is 18.4 Å². The molecular formula is C9H8N. The van der Waals surface area contributed by atoms with Crippen LogP contribution in [-0.2, 0) is 0 Å². The summed E-state index contributed by atoms with van der Waals surface area (Å²) in [6, 6.07) is 0. The summed E-state index contributed by atoms with van der Waals surface area (Å²) < 4.78 is 0. The largest absolute Gasteiger partial charge is 0.324 e. The van der Waals surface area contributed by atoms with Crippen LogP contribution in [0.3, 0.4) is 0 Å². The Morgan fingerprint density at radius 1 is 1.40 bits per heavy atom. The van der Waals surface area contributed by atoms with Crippen molar-refractivity contribution in [3.8, 4) is 0 Å². The Labute approximate surface area is 60.6 Å².